The number of nitriles is 1. The van der Waals surface area contributed by atoms with Crippen LogP contribution in [-0.2, 0) is 10.0 Å². The molecule has 0 atom stereocenters. The summed E-state index contributed by atoms with van der Waals surface area (Å²) in [6.45, 7) is 3.88. The van der Waals surface area contributed by atoms with Gasteiger partial charge >= 0.3 is 0 Å². The topological polar surface area (TPSA) is 87.2 Å². The minimum absolute atomic E-state index is 0.0126. The number of anilines is 1. The second kappa shape index (κ2) is 6.04. The largest absolute Gasteiger partial charge is 0.399 e. The van der Waals surface area contributed by atoms with Crippen LogP contribution in [0.5, 0.6) is 0 Å². The van der Waals surface area contributed by atoms with Gasteiger partial charge in [-0.15, -0.1) is 0 Å². The predicted molar refractivity (Wildman–Crippen MR) is 74.9 cm³/mol. The Kier molecular flexibility index (Phi) is 4.92. The van der Waals surface area contributed by atoms with E-state index in [0.717, 1.165) is 12.8 Å². The highest BCUT2D eigenvalue weighted by atomic mass is 32.2. The van der Waals surface area contributed by atoms with Gasteiger partial charge in [-0.2, -0.15) is 9.57 Å². The molecule has 1 aromatic carbocycles. The third-order valence-corrected chi connectivity index (χ3v) is 5.21. The lowest BCUT2D eigenvalue weighted by Gasteiger charge is -2.25. The molecular weight excluding hydrogens is 262 g/mol. The fourth-order valence-corrected chi connectivity index (χ4v) is 3.64. The van der Waals surface area contributed by atoms with Crippen LogP contribution in [-0.4, -0.2) is 25.8 Å². The second-order valence-corrected chi connectivity index (χ2v) is 6.32. The highest BCUT2D eigenvalue weighted by Gasteiger charge is 2.28. The van der Waals surface area contributed by atoms with Gasteiger partial charge in [0, 0.05) is 18.8 Å². The lowest BCUT2D eigenvalue weighted by atomic mass is 10.2. The quantitative estimate of drug-likeness (QED) is 0.836. The normalized spacial score (nSPS) is 11.8. The van der Waals surface area contributed by atoms with Crippen LogP contribution in [0.25, 0.3) is 0 Å². The molecule has 0 aliphatic carbocycles. The molecule has 0 saturated carbocycles. The van der Waals surface area contributed by atoms with Gasteiger partial charge in [-0.25, -0.2) is 8.42 Å². The Morgan fingerprint density at radius 2 is 1.95 bits per heavy atom. The van der Waals surface area contributed by atoms with E-state index in [1.165, 1.54) is 22.5 Å². The maximum atomic E-state index is 12.5. The molecule has 0 radical (unpaired) electrons. The predicted octanol–water partition coefficient (Wildman–Crippen LogP) is 1.95. The molecule has 0 aliphatic rings. The molecule has 0 saturated heterocycles. The fraction of sp³-hybridized carbons (Fsp3) is 0.462. The molecule has 19 heavy (non-hydrogen) atoms. The van der Waals surface area contributed by atoms with E-state index in [1.807, 2.05) is 19.9 Å². The summed E-state index contributed by atoms with van der Waals surface area (Å²) in [6.07, 6.45) is 1.45. The van der Waals surface area contributed by atoms with Crippen molar-refractivity contribution in [2.75, 3.05) is 12.8 Å². The molecule has 1 aromatic rings. The van der Waals surface area contributed by atoms with Gasteiger partial charge in [0.05, 0.1) is 5.56 Å². The summed E-state index contributed by atoms with van der Waals surface area (Å²) in [6, 6.07) is 6.08. The zero-order chi connectivity index (χ0) is 14.6. The van der Waals surface area contributed by atoms with Crippen LogP contribution in [0, 0.1) is 11.3 Å². The minimum atomic E-state index is -3.67. The highest BCUT2D eigenvalue weighted by Crippen LogP contribution is 2.24. The molecule has 0 heterocycles. The Labute approximate surface area is 114 Å². The second-order valence-electron chi connectivity index (χ2n) is 4.36. The van der Waals surface area contributed by atoms with Crippen molar-refractivity contribution in [3.8, 4) is 6.07 Å². The van der Waals surface area contributed by atoms with Crippen molar-refractivity contribution in [2.45, 2.75) is 37.6 Å². The molecule has 2 N–H and O–H groups in total. The number of hydrogen-bond acceptors (Lipinski definition) is 4. The standard InChI is InChI=1S/C13H19N3O2S/c1-4-12(5-2)16(3)19(17,18)13-7-6-11(15)8-10(13)9-14/h6-8,12H,4-5,15H2,1-3H3. The Hall–Kier alpha value is -1.58. The van der Waals surface area contributed by atoms with E-state index in [1.54, 1.807) is 7.05 Å². The first-order valence-electron chi connectivity index (χ1n) is 6.16. The lowest BCUT2D eigenvalue weighted by molar-refractivity contribution is 0.349. The van der Waals surface area contributed by atoms with Crippen molar-refractivity contribution in [3.05, 3.63) is 23.8 Å². The van der Waals surface area contributed by atoms with Crippen LogP contribution in [0.2, 0.25) is 0 Å². The Bertz CT molecular complexity index is 586. The van der Waals surface area contributed by atoms with Crippen molar-refractivity contribution >= 4 is 15.7 Å². The molecule has 0 aromatic heterocycles. The molecule has 6 heteroatoms. The summed E-state index contributed by atoms with van der Waals surface area (Å²) in [7, 11) is -2.12. The number of hydrogen-bond donors (Lipinski definition) is 1. The zero-order valence-electron chi connectivity index (χ0n) is 11.4. The number of rotatable bonds is 5. The van der Waals surface area contributed by atoms with Gasteiger partial charge in [0.15, 0.2) is 0 Å². The van der Waals surface area contributed by atoms with E-state index in [9.17, 15) is 8.42 Å². The van der Waals surface area contributed by atoms with Gasteiger partial charge < -0.3 is 5.73 Å². The van der Waals surface area contributed by atoms with Crippen LogP contribution in [0.3, 0.4) is 0 Å². The first-order chi connectivity index (χ1) is 8.88. The van der Waals surface area contributed by atoms with Gasteiger partial charge in [-0.05, 0) is 31.0 Å². The van der Waals surface area contributed by atoms with E-state index < -0.39 is 10.0 Å². The molecule has 0 amide bonds. The fourth-order valence-electron chi connectivity index (χ4n) is 2.01. The van der Waals surface area contributed by atoms with Gasteiger partial charge in [-0.3, -0.25) is 0 Å². The number of sulfonamides is 1. The monoisotopic (exact) mass is 281 g/mol. The molecule has 0 spiro atoms. The maximum Gasteiger partial charge on any atom is 0.244 e. The van der Waals surface area contributed by atoms with E-state index >= 15 is 0 Å². The van der Waals surface area contributed by atoms with E-state index in [0.29, 0.717) is 5.69 Å². The van der Waals surface area contributed by atoms with Crippen LogP contribution < -0.4 is 5.73 Å². The molecule has 0 unspecified atom stereocenters. The van der Waals surface area contributed by atoms with Crippen LogP contribution in [0.15, 0.2) is 23.1 Å². The summed E-state index contributed by atoms with van der Waals surface area (Å²) < 4.78 is 26.4. The van der Waals surface area contributed by atoms with E-state index in [-0.39, 0.29) is 16.5 Å². The van der Waals surface area contributed by atoms with Crippen molar-refractivity contribution in [3.63, 3.8) is 0 Å². The smallest absolute Gasteiger partial charge is 0.244 e. The SMILES string of the molecule is CCC(CC)N(C)S(=O)(=O)c1ccc(N)cc1C#N. The van der Waals surface area contributed by atoms with Gasteiger partial charge in [0.1, 0.15) is 11.0 Å². The van der Waals surface area contributed by atoms with E-state index in [4.69, 9.17) is 11.0 Å². The Morgan fingerprint density at radius 1 is 1.37 bits per heavy atom. The van der Waals surface area contributed by atoms with Crippen LogP contribution in [0.1, 0.15) is 32.3 Å². The highest BCUT2D eigenvalue weighted by molar-refractivity contribution is 7.89. The number of nitrogens with two attached hydrogens (primary N) is 1. The molecule has 5 nitrogen and oxygen atoms in total. The summed E-state index contributed by atoms with van der Waals surface area (Å²) in [4.78, 5) is 0.0126. The molecule has 0 aliphatic heterocycles. The van der Waals surface area contributed by atoms with Crippen molar-refractivity contribution in [1.82, 2.24) is 4.31 Å². The Morgan fingerprint density at radius 3 is 2.42 bits per heavy atom. The lowest BCUT2D eigenvalue weighted by Crippen LogP contribution is -2.36. The van der Waals surface area contributed by atoms with E-state index in [2.05, 4.69) is 0 Å². The molecule has 1 rings (SSSR count). The summed E-state index contributed by atoms with van der Waals surface area (Å²) in [5.41, 5.74) is 6.03. The van der Waals surface area contributed by atoms with Crippen molar-refractivity contribution in [2.24, 2.45) is 0 Å². The first-order valence-corrected chi connectivity index (χ1v) is 7.60. The molecule has 0 bridgehead atoms. The number of nitrogen functional groups attached to an aromatic ring is 1. The van der Waals surface area contributed by atoms with Crippen molar-refractivity contribution in [1.29, 1.82) is 5.26 Å². The molecular formula is C13H19N3O2S. The molecule has 104 valence electrons. The van der Waals surface area contributed by atoms with Crippen LogP contribution >= 0.6 is 0 Å². The van der Waals surface area contributed by atoms with Crippen molar-refractivity contribution < 1.29 is 8.42 Å². The molecule has 0 fully saturated rings. The average molecular weight is 281 g/mol. The third-order valence-electron chi connectivity index (χ3n) is 3.24. The summed E-state index contributed by atoms with van der Waals surface area (Å²) in [5, 5.41) is 9.05. The number of benzene rings is 1. The van der Waals surface area contributed by atoms with Gasteiger partial charge in [-0.1, -0.05) is 13.8 Å². The average Bonchev–Trinajstić information content (AvgIpc) is 2.39. The maximum absolute atomic E-state index is 12.5. The summed E-state index contributed by atoms with van der Waals surface area (Å²) >= 11 is 0. The van der Waals surface area contributed by atoms with Gasteiger partial charge in [0.2, 0.25) is 10.0 Å². The van der Waals surface area contributed by atoms with Crippen LogP contribution in [0.4, 0.5) is 5.69 Å². The number of nitrogens with zero attached hydrogens (tertiary/aromatic N) is 2. The third kappa shape index (κ3) is 3.06. The zero-order valence-corrected chi connectivity index (χ0v) is 12.2. The Balaban J connectivity index is 3.32. The van der Waals surface area contributed by atoms with Gasteiger partial charge in [0.25, 0.3) is 0 Å². The first kappa shape index (κ1) is 15.5. The summed E-state index contributed by atoms with van der Waals surface area (Å²) in [5.74, 6) is 0. The minimum Gasteiger partial charge on any atom is -0.399 e.